The van der Waals surface area contributed by atoms with Crippen LogP contribution in [0.25, 0.3) is 0 Å². The Hall–Kier alpha value is -0.160. The van der Waals surface area contributed by atoms with Gasteiger partial charge in [-0.15, -0.1) is 0 Å². The van der Waals surface area contributed by atoms with Gasteiger partial charge in [0.25, 0.3) is 0 Å². The summed E-state index contributed by atoms with van der Waals surface area (Å²) in [6, 6.07) is 0. The van der Waals surface area contributed by atoms with Crippen LogP contribution in [-0.2, 0) is 14.2 Å². The molecular weight excluding hydrogens is 206 g/mol. The highest BCUT2D eigenvalue weighted by molar-refractivity contribution is 4.46. The first kappa shape index (κ1) is 15.8. The summed E-state index contributed by atoms with van der Waals surface area (Å²) >= 11 is 0. The Morgan fingerprint density at radius 1 is 0.812 bits per heavy atom. The minimum absolute atomic E-state index is 0.698. The summed E-state index contributed by atoms with van der Waals surface area (Å²) in [4.78, 5) is 0. The van der Waals surface area contributed by atoms with E-state index in [4.69, 9.17) is 14.2 Å². The smallest absolute Gasteiger partial charge is 0.0701 e. The highest BCUT2D eigenvalue weighted by atomic mass is 16.5. The minimum atomic E-state index is 0.698. The largest absolute Gasteiger partial charge is 0.385 e. The molecule has 0 aromatic rings. The van der Waals surface area contributed by atoms with Gasteiger partial charge in [0.1, 0.15) is 0 Å². The number of ether oxygens (including phenoxy) is 3. The lowest BCUT2D eigenvalue weighted by atomic mass is 10.4. The van der Waals surface area contributed by atoms with Crippen LogP contribution in [0.5, 0.6) is 0 Å². The number of hydrogen-bond acceptors (Lipinski definition) is 4. The van der Waals surface area contributed by atoms with Gasteiger partial charge in [-0.05, 0) is 19.4 Å². The zero-order chi connectivity index (χ0) is 11.9. The fourth-order valence-corrected chi connectivity index (χ4v) is 1.18. The van der Waals surface area contributed by atoms with Crippen LogP contribution in [-0.4, -0.2) is 53.2 Å². The Balaban J connectivity index is 2.83. The lowest BCUT2D eigenvalue weighted by Gasteiger charge is -2.06. The van der Waals surface area contributed by atoms with Gasteiger partial charge < -0.3 is 19.5 Å². The molecule has 0 atom stereocenters. The topological polar surface area (TPSA) is 39.7 Å². The first-order chi connectivity index (χ1) is 7.91. The summed E-state index contributed by atoms with van der Waals surface area (Å²) in [6.07, 6.45) is 3.38. The van der Waals surface area contributed by atoms with Gasteiger partial charge in [0, 0.05) is 26.9 Å². The van der Waals surface area contributed by atoms with Crippen molar-refractivity contribution < 1.29 is 14.2 Å². The molecule has 16 heavy (non-hydrogen) atoms. The second kappa shape index (κ2) is 14.8. The van der Waals surface area contributed by atoms with Crippen LogP contribution in [0.4, 0.5) is 0 Å². The van der Waals surface area contributed by atoms with Crippen molar-refractivity contribution in [3.8, 4) is 0 Å². The van der Waals surface area contributed by atoms with E-state index in [-0.39, 0.29) is 0 Å². The van der Waals surface area contributed by atoms with Crippen LogP contribution in [0.1, 0.15) is 26.2 Å². The first-order valence-corrected chi connectivity index (χ1v) is 6.27. The predicted octanol–water partition coefficient (Wildman–Crippen LogP) is 1.45. The van der Waals surface area contributed by atoms with Gasteiger partial charge in [0.2, 0.25) is 0 Å². The highest BCUT2D eigenvalue weighted by Gasteiger charge is 1.90. The SMILES string of the molecule is CCCCOCCOCCNCCCOC. The van der Waals surface area contributed by atoms with Gasteiger partial charge in [0.15, 0.2) is 0 Å². The van der Waals surface area contributed by atoms with Crippen LogP contribution >= 0.6 is 0 Å². The van der Waals surface area contributed by atoms with E-state index in [1.807, 2.05) is 0 Å². The highest BCUT2D eigenvalue weighted by Crippen LogP contribution is 1.87. The zero-order valence-electron chi connectivity index (χ0n) is 10.8. The monoisotopic (exact) mass is 233 g/mol. The van der Waals surface area contributed by atoms with Crippen molar-refractivity contribution in [2.45, 2.75) is 26.2 Å². The van der Waals surface area contributed by atoms with Gasteiger partial charge in [0.05, 0.1) is 19.8 Å². The quantitative estimate of drug-likeness (QED) is 0.489. The van der Waals surface area contributed by atoms with Crippen molar-refractivity contribution in [1.29, 1.82) is 0 Å². The molecule has 4 heteroatoms. The molecule has 0 saturated heterocycles. The van der Waals surface area contributed by atoms with Crippen LogP contribution in [0, 0.1) is 0 Å². The average Bonchev–Trinajstić information content (AvgIpc) is 2.31. The van der Waals surface area contributed by atoms with Crippen LogP contribution in [0.15, 0.2) is 0 Å². The fraction of sp³-hybridized carbons (Fsp3) is 1.00. The van der Waals surface area contributed by atoms with Crippen molar-refractivity contribution in [2.24, 2.45) is 0 Å². The summed E-state index contributed by atoms with van der Waals surface area (Å²) in [7, 11) is 1.72. The maximum absolute atomic E-state index is 5.40. The van der Waals surface area contributed by atoms with Gasteiger partial charge in [-0.25, -0.2) is 0 Å². The van der Waals surface area contributed by atoms with Gasteiger partial charge in [-0.1, -0.05) is 13.3 Å². The lowest BCUT2D eigenvalue weighted by Crippen LogP contribution is -2.22. The van der Waals surface area contributed by atoms with Crippen LogP contribution in [0.2, 0.25) is 0 Å². The standard InChI is InChI=1S/C12H27NO3/c1-3-4-9-15-11-12-16-10-7-13-6-5-8-14-2/h13H,3-12H2,1-2H3. The van der Waals surface area contributed by atoms with Crippen LogP contribution in [0.3, 0.4) is 0 Å². The Labute approximate surface area is 99.6 Å². The van der Waals surface area contributed by atoms with Crippen molar-refractivity contribution in [3.05, 3.63) is 0 Å². The van der Waals surface area contributed by atoms with E-state index in [0.29, 0.717) is 13.2 Å². The van der Waals surface area contributed by atoms with E-state index in [0.717, 1.165) is 45.8 Å². The molecule has 0 unspecified atom stereocenters. The second-order valence-corrected chi connectivity index (χ2v) is 3.67. The van der Waals surface area contributed by atoms with E-state index in [9.17, 15) is 0 Å². The number of rotatable bonds is 13. The Kier molecular flexibility index (Phi) is 14.7. The third-order valence-corrected chi connectivity index (χ3v) is 2.14. The molecule has 0 aliphatic heterocycles. The molecule has 0 rings (SSSR count). The molecule has 4 nitrogen and oxygen atoms in total. The molecule has 0 aliphatic rings. The molecule has 0 aromatic carbocycles. The minimum Gasteiger partial charge on any atom is -0.385 e. The van der Waals surface area contributed by atoms with Crippen molar-refractivity contribution in [2.75, 3.05) is 53.2 Å². The Morgan fingerprint density at radius 2 is 1.56 bits per heavy atom. The normalized spacial score (nSPS) is 10.9. The summed E-state index contributed by atoms with van der Waals surface area (Å²) in [5, 5.41) is 3.29. The zero-order valence-corrected chi connectivity index (χ0v) is 10.8. The lowest BCUT2D eigenvalue weighted by molar-refractivity contribution is 0.0477. The third-order valence-electron chi connectivity index (χ3n) is 2.14. The molecule has 1 N–H and O–H groups in total. The third kappa shape index (κ3) is 13.8. The molecule has 0 fully saturated rings. The second-order valence-electron chi connectivity index (χ2n) is 3.67. The van der Waals surface area contributed by atoms with Gasteiger partial charge in [-0.3, -0.25) is 0 Å². The molecule has 0 amide bonds. The summed E-state index contributed by atoms with van der Waals surface area (Å²) in [5.74, 6) is 0. The predicted molar refractivity (Wildman–Crippen MR) is 65.9 cm³/mol. The van der Waals surface area contributed by atoms with Crippen molar-refractivity contribution in [1.82, 2.24) is 5.32 Å². The molecule has 98 valence electrons. The molecule has 0 spiro atoms. The van der Waals surface area contributed by atoms with E-state index in [1.165, 1.54) is 6.42 Å². The molecular formula is C12H27NO3. The first-order valence-electron chi connectivity index (χ1n) is 6.27. The average molecular weight is 233 g/mol. The van der Waals surface area contributed by atoms with Crippen LogP contribution < -0.4 is 5.32 Å². The van der Waals surface area contributed by atoms with Crippen molar-refractivity contribution in [3.63, 3.8) is 0 Å². The van der Waals surface area contributed by atoms with Crippen molar-refractivity contribution >= 4 is 0 Å². The maximum Gasteiger partial charge on any atom is 0.0701 e. The van der Waals surface area contributed by atoms with Gasteiger partial charge >= 0.3 is 0 Å². The molecule has 0 saturated carbocycles. The van der Waals surface area contributed by atoms with Gasteiger partial charge in [-0.2, -0.15) is 0 Å². The summed E-state index contributed by atoms with van der Waals surface area (Å²) in [6.45, 7) is 7.89. The van der Waals surface area contributed by atoms with E-state index < -0.39 is 0 Å². The molecule has 0 heterocycles. The summed E-state index contributed by atoms with van der Waals surface area (Å²) in [5.41, 5.74) is 0. The van der Waals surface area contributed by atoms with E-state index in [2.05, 4.69) is 12.2 Å². The van der Waals surface area contributed by atoms with E-state index >= 15 is 0 Å². The number of nitrogens with one attached hydrogen (secondary N) is 1. The van der Waals surface area contributed by atoms with E-state index in [1.54, 1.807) is 7.11 Å². The molecule has 0 bridgehead atoms. The molecule has 0 radical (unpaired) electrons. The Morgan fingerprint density at radius 3 is 2.25 bits per heavy atom. The number of unbranched alkanes of at least 4 members (excludes halogenated alkanes) is 1. The maximum atomic E-state index is 5.40. The Bertz CT molecular complexity index is 109. The summed E-state index contributed by atoms with van der Waals surface area (Å²) < 4.78 is 15.7. The number of hydrogen-bond donors (Lipinski definition) is 1. The number of methoxy groups -OCH3 is 1. The molecule has 0 aliphatic carbocycles. The fourth-order valence-electron chi connectivity index (χ4n) is 1.18. The molecule has 0 aromatic heterocycles.